The Labute approximate surface area is 158 Å². The number of carbonyl (C=O) groups excluding carboxylic acids is 2. The highest BCUT2D eigenvalue weighted by atomic mass is 16.2. The van der Waals surface area contributed by atoms with Crippen molar-refractivity contribution in [3.63, 3.8) is 0 Å². The molecule has 8 nitrogen and oxygen atoms in total. The quantitative estimate of drug-likeness (QED) is 0.775. The predicted molar refractivity (Wildman–Crippen MR) is 98.5 cm³/mol. The molecule has 0 spiro atoms. The minimum absolute atomic E-state index is 0.000944. The van der Waals surface area contributed by atoms with Gasteiger partial charge < -0.3 is 9.88 Å². The zero-order valence-corrected chi connectivity index (χ0v) is 15.4. The lowest BCUT2D eigenvalue weighted by molar-refractivity contribution is -0.127. The van der Waals surface area contributed by atoms with Crippen molar-refractivity contribution in [2.75, 3.05) is 13.1 Å². The summed E-state index contributed by atoms with van der Waals surface area (Å²) in [5.74, 6) is 0.759. The summed E-state index contributed by atoms with van der Waals surface area (Å²) in [5.41, 5.74) is -0.472. The van der Waals surface area contributed by atoms with Gasteiger partial charge in [-0.25, -0.2) is 9.78 Å². The first-order chi connectivity index (χ1) is 13.1. The summed E-state index contributed by atoms with van der Waals surface area (Å²) in [6.07, 6.45) is 7.10. The van der Waals surface area contributed by atoms with Crippen LogP contribution in [0.4, 0.5) is 4.79 Å². The number of urea groups is 1. The van der Waals surface area contributed by atoms with E-state index in [0.717, 1.165) is 44.8 Å². The number of nitrogens with one attached hydrogen (secondary N) is 2. The van der Waals surface area contributed by atoms with Crippen molar-refractivity contribution in [3.05, 3.63) is 48.3 Å². The van der Waals surface area contributed by atoms with Crippen LogP contribution in [-0.4, -0.2) is 44.5 Å². The summed E-state index contributed by atoms with van der Waals surface area (Å²) < 4.78 is 2.14. The van der Waals surface area contributed by atoms with E-state index in [1.165, 1.54) is 0 Å². The largest absolute Gasteiger partial charge is 0.334 e. The first-order valence-corrected chi connectivity index (χ1v) is 9.41. The number of amides is 3. The fourth-order valence-electron chi connectivity index (χ4n) is 4.25. The van der Waals surface area contributed by atoms with Crippen molar-refractivity contribution in [2.45, 2.75) is 38.4 Å². The number of imidazole rings is 1. The SMILES string of the molecule is CCn1ccnc1CN1CCC([C@@]2(c3ccccn3)NC(=O)NC2=O)CC1. The topological polar surface area (TPSA) is 92.2 Å². The third kappa shape index (κ3) is 3.10. The maximum absolute atomic E-state index is 12.8. The molecule has 142 valence electrons. The van der Waals surface area contributed by atoms with E-state index in [-0.39, 0.29) is 11.8 Å². The number of nitrogens with zero attached hydrogens (tertiary/aromatic N) is 4. The second-order valence-corrected chi connectivity index (χ2v) is 7.11. The smallest absolute Gasteiger partial charge is 0.322 e. The van der Waals surface area contributed by atoms with Gasteiger partial charge in [-0.2, -0.15) is 0 Å². The number of aromatic nitrogens is 3. The Balaban J connectivity index is 1.51. The monoisotopic (exact) mass is 368 g/mol. The van der Waals surface area contributed by atoms with Gasteiger partial charge >= 0.3 is 6.03 Å². The van der Waals surface area contributed by atoms with Gasteiger partial charge in [0.2, 0.25) is 0 Å². The predicted octanol–water partition coefficient (Wildman–Crippen LogP) is 1.24. The Kier molecular flexibility index (Phi) is 4.65. The van der Waals surface area contributed by atoms with E-state index in [1.807, 2.05) is 30.6 Å². The summed E-state index contributed by atoms with van der Waals surface area (Å²) in [4.78, 5) is 35.9. The number of hydrogen-bond donors (Lipinski definition) is 2. The summed E-state index contributed by atoms with van der Waals surface area (Å²) in [6.45, 7) is 5.50. The van der Waals surface area contributed by atoms with Crippen LogP contribution >= 0.6 is 0 Å². The number of imide groups is 1. The molecule has 0 aromatic carbocycles. The molecule has 0 bridgehead atoms. The number of piperidine rings is 1. The van der Waals surface area contributed by atoms with Crippen molar-refractivity contribution in [1.82, 2.24) is 30.1 Å². The van der Waals surface area contributed by atoms with E-state index < -0.39 is 11.6 Å². The van der Waals surface area contributed by atoms with Crippen molar-refractivity contribution in [3.8, 4) is 0 Å². The van der Waals surface area contributed by atoms with Crippen molar-refractivity contribution < 1.29 is 9.59 Å². The second kappa shape index (κ2) is 7.11. The molecule has 2 aromatic rings. The number of pyridine rings is 1. The molecule has 0 radical (unpaired) electrons. The summed E-state index contributed by atoms with van der Waals surface area (Å²) in [6, 6.07) is 5.03. The molecule has 2 saturated heterocycles. The van der Waals surface area contributed by atoms with Crippen molar-refractivity contribution in [2.24, 2.45) is 5.92 Å². The molecule has 2 aromatic heterocycles. The molecule has 0 aliphatic carbocycles. The first kappa shape index (κ1) is 17.7. The van der Waals surface area contributed by atoms with Gasteiger partial charge in [-0.05, 0) is 50.9 Å². The van der Waals surface area contributed by atoms with Crippen LogP contribution in [0, 0.1) is 5.92 Å². The summed E-state index contributed by atoms with van der Waals surface area (Å²) in [5, 5.41) is 5.29. The van der Waals surface area contributed by atoms with Crippen LogP contribution < -0.4 is 10.6 Å². The van der Waals surface area contributed by atoms with Gasteiger partial charge in [0.25, 0.3) is 5.91 Å². The fourth-order valence-corrected chi connectivity index (χ4v) is 4.25. The Morgan fingerprint density at radius 1 is 1.19 bits per heavy atom. The van der Waals surface area contributed by atoms with Crippen LogP contribution in [-0.2, 0) is 23.4 Å². The number of carbonyl (C=O) groups is 2. The van der Waals surface area contributed by atoms with E-state index in [1.54, 1.807) is 6.20 Å². The van der Waals surface area contributed by atoms with E-state index in [2.05, 4.69) is 37.0 Å². The molecule has 8 heteroatoms. The van der Waals surface area contributed by atoms with Gasteiger partial charge in [-0.3, -0.25) is 20.0 Å². The van der Waals surface area contributed by atoms with Gasteiger partial charge in [0, 0.05) is 25.1 Å². The lowest BCUT2D eigenvalue weighted by atomic mass is 9.75. The van der Waals surface area contributed by atoms with Gasteiger partial charge in [0.15, 0.2) is 5.54 Å². The average molecular weight is 368 g/mol. The Hall–Kier alpha value is -2.74. The molecular formula is C19H24N6O2. The Bertz CT molecular complexity index is 828. The maximum Gasteiger partial charge on any atom is 0.322 e. The van der Waals surface area contributed by atoms with E-state index in [9.17, 15) is 9.59 Å². The normalized spacial score (nSPS) is 24.0. The molecule has 27 heavy (non-hydrogen) atoms. The molecule has 2 aliphatic heterocycles. The van der Waals surface area contributed by atoms with Crippen molar-refractivity contribution >= 4 is 11.9 Å². The van der Waals surface area contributed by atoms with Crippen molar-refractivity contribution in [1.29, 1.82) is 0 Å². The fraction of sp³-hybridized carbons (Fsp3) is 0.474. The third-order valence-corrected chi connectivity index (χ3v) is 5.67. The maximum atomic E-state index is 12.8. The van der Waals surface area contributed by atoms with Crippen LogP contribution in [0.3, 0.4) is 0 Å². The highest BCUT2D eigenvalue weighted by Crippen LogP contribution is 2.38. The van der Waals surface area contributed by atoms with Gasteiger partial charge in [0.1, 0.15) is 5.82 Å². The molecule has 1 atom stereocenters. The minimum Gasteiger partial charge on any atom is -0.334 e. The standard InChI is InChI=1S/C19H24N6O2/c1-2-25-12-9-21-16(25)13-24-10-6-14(7-11-24)19(15-5-3-4-8-20-15)17(26)22-18(27)23-19/h3-5,8-9,12,14H,2,6-7,10-11,13H2,1H3,(H2,22,23,26,27)/t19-/m0/s1. The Morgan fingerprint density at radius 2 is 2.00 bits per heavy atom. The number of likely N-dealkylation sites (tertiary alicyclic amines) is 1. The van der Waals surface area contributed by atoms with Gasteiger partial charge in [-0.1, -0.05) is 6.07 Å². The van der Waals surface area contributed by atoms with Crippen LogP contribution in [0.5, 0.6) is 0 Å². The van der Waals surface area contributed by atoms with Crippen LogP contribution in [0.2, 0.25) is 0 Å². The molecule has 4 heterocycles. The first-order valence-electron chi connectivity index (χ1n) is 9.41. The van der Waals surface area contributed by atoms with E-state index >= 15 is 0 Å². The average Bonchev–Trinajstić information content (AvgIpc) is 3.26. The van der Waals surface area contributed by atoms with E-state index in [4.69, 9.17) is 0 Å². The molecule has 0 saturated carbocycles. The highest BCUT2D eigenvalue weighted by molar-refractivity contribution is 6.07. The molecule has 0 unspecified atom stereocenters. The lowest BCUT2D eigenvalue weighted by Crippen LogP contribution is -2.54. The number of hydrogen-bond acceptors (Lipinski definition) is 5. The molecule has 2 N–H and O–H groups in total. The molecule has 2 fully saturated rings. The van der Waals surface area contributed by atoms with Crippen LogP contribution in [0.25, 0.3) is 0 Å². The molecule has 3 amide bonds. The molecule has 4 rings (SSSR count). The van der Waals surface area contributed by atoms with E-state index in [0.29, 0.717) is 5.69 Å². The number of aryl methyl sites for hydroxylation is 1. The molecule has 2 aliphatic rings. The van der Waals surface area contributed by atoms with Gasteiger partial charge in [-0.15, -0.1) is 0 Å². The Morgan fingerprint density at radius 3 is 2.63 bits per heavy atom. The summed E-state index contributed by atoms with van der Waals surface area (Å²) in [7, 11) is 0. The highest BCUT2D eigenvalue weighted by Gasteiger charge is 2.54. The third-order valence-electron chi connectivity index (χ3n) is 5.67. The second-order valence-electron chi connectivity index (χ2n) is 7.11. The number of rotatable bonds is 5. The zero-order chi connectivity index (χ0) is 18.9. The summed E-state index contributed by atoms with van der Waals surface area (Å²) >= 11 is 0. The lowest BCUT2D eigenvalue weighted by Gasteiger charge is -2.40. The zero-order valence-electron chi connectivity index (χ0n) is 15.4. The molecular weight excluding hydrogens is 344 g/mol. The van der Waals surface area contributed by atoms with Crippen LogP contribution in [0.15, 0.2) is 36.8 Å². The van der Waals surface area contributed by atoms with Gasteiger partial charge in [0.05, 0.1) is 12.2 Å². The minimum atomic E-state index is -1.08. The van der Waals surface area contributed by atoms with Crippen LogP contribution in [0.1, 0.15) is 31.3 Å².